The highest BCUT2D eigenvalue weighted by Gasteiger charge is 2.25. The predicted octanol–water partition coefficient (Wildman–Crippen LogP) is 4.75. The van der Waals surface area contributed by atoms with Gasteiger partial charge in [0, 0.05) is 34.4 Å². The van der Waals surface area contributed by atoms with Gasteiger partial charge in [0.05, 0.1) is 0 Å². The Morgan fingerprint density at radius 2 is 1.95 bits per heavy atom. The van der Waals surface area contributed by atoms with Gasteiger partial charge in [0.1, 0.15) is 5.82 Å². The number of pyridine rings is 1. The molecule has 0 radical (unpaired) electrons. The fourth-order valence-corrected chi connectivity index (χ4v) is 2.30. The van der Waals surface area contributed by atoms with Crippen LogP contribution in [-0.2, 0) is 0 Å². The molecule has 0 saturated carbocycles. The number of fused-ring (bicyclic) bond motifs is 1. The maximum absolute atomic E-state index is 12.0. The standard InChI is InChI=1S/C13H12BrF3N2/c14-11-4-1-3-10-9(11)5-8-19-12(10)18-7-2-6-13(15,16)17/h1,3-5,8H,2,6-7H2,(H,18,19). The summed E-state index contributed by atoms with van der Waals surface area (Å²) in [5.74, 6) is 0.612. The molecule has 0 fully saturated rings. The van der Waals surface area contributed by atoms with Crippen LogP contribution in [0.5, 0.6) is 0 Å². The summed E-state index contributed by atoms with van der Waals surface area (Å²) < 4.78 is 37.0. The molecule has 6 heteroatoms. The molecule has 0 aliphatic carbocycles. The van der Waals surface area contributed by atoms with Crippen LogP contribution in [0.1, 0.15) is 12.8 Å². The van der Waals surface area contributed by atoms with Gasteiger partial charge in [0.15, 0.2) is 0 Å². The highest BCUT2D eigenvalue weighted by Crippen LogP contribution is 2.28. The van der Waals surface area contributed by atoms with Gasteiger partial charge in [-0.3, -0.25) is 0 Å². The maximum Gasteiger partial charge on any atom is 0.389 e. The van der Waals surface area contributed by atoms with Crippen LogP contribution < -0.4 is 5.32 Å². The summed E-state index contributed by atoms with van der Waals surface area (Å²) in [5.41, 5.74) is 0. The molecule has 0 saturated heterocycles. The summed E-state index contributed by atoms with van der Waals surface area (Å²) in [6, 6.07) is 7.53. The summed E-state index contributed by atoms with van der Waals surface area (Å²) >= 11 is 3.43. The summed E-state index contributed by atoms with van der Waals surface area (Å²) in [7, 11) is 0. The minimum Gasteiger partial charge on any atom is -0.370 e. The molecule has 102 valence electrons. The van der Waals surface area contributed by atoms with E-state index in [1.807, 2.05) is 24.3 Å². The minimum atomic E-state index is -4.10. The Labute approximate surface area is 117 Å². The molecule has 19 heavy (non-hydrogen) atoms. The second-order valence-electron chi connectivity index (χ2n) is 4.14. The third-order valence-corrected chi connectivity index (χ3v) is 3.37. The summed E-state index contributed by atoms with van der Waals surface area (Å²) in [4.78, 5) is 4.17. The average Bonchev–Trinajstić information content (AvgIpc) is 2.34. The number of hydrogen-bond acceptors (Lipinski definition) is 2. The van der Waals surface area contributed by atoms with Gasteiger partial charge in [-0.15, -0.1) is 0 Å². The van der Waals surface area contributed by atoms with Crippen molar-refractivity contribution < 1.29 is 13.2 Å². The van der Waals surface area contributed by atoms with Crippen LogP contribution >= 0.6 is 15.9 Å². The number of halogens is 4. The molecule has 1 heterocycles. The predicted molar refractivity (Wildman–Crippen MR) is 73.2 cm³/mol. The first-order valence-electron chi connectivity index (χ1n) is 5.81. The van der Waals surface area contributed by atoms with Gasteiger partial charge in [-0.05, 0) is 18.6 Å². The van der Waals surface area contributed by atoms with Crippen molar-refractivity contribution >= 4 is 32.5 Å². The summed E-state index contributed by atoms with van der Waals surface area (Å²) in [6.07, 6.45) is -3.21. The zero-order valence-corrected chi connectivity index (χ0v) is 11.6. The molecular weight excluding hydrogens is 321 g/mol. The Morgan fingerprint density at radius 3 is 2.68 bits per heavy atom. The Balaban J connectivity index is 2.07. The molecule has 2 nitrogen and oxygen atoms in total. The number of hydrogen-bond donors (Lipinski definition) is 1. The van der Waals surface area contributed by atoms with Crippen molar-refractivity contribution in [3.63, 3.8) is 0 Å². The zero-order valence-electron chi connectivity index (χ0n) is 9.97. The van der Waals surface area contributed by atoms with Gasteiger partial charge in [-0.25, -0.2) is 4.98 Å². The minimum absolute atomic E-state index is 0.0373. The SMILES string of the molecule is FC(F)(F)CCCNc1nccc2c(Br)cccc12. The van der Waals surface area contributed by atoms with Crippen molar-refractivity contribution in [2.45, 2.75) is 19.0 Å². The number of rotatable bonds is 4. The van der Waals surface area contributed by atoms with Gasteiger partial charge in [0.2, 0.25) is 0 Å². The number of aromatic nitrogens is 1. The third kappa shape index (κ3) is 3.83. The quantitative estimate of drug-likeness (QED) is 0.817. The van der Waals surface area contributed by atoms with Gasteiger partial charge >= 0.3 is 6.18 Å². The maximum atomic E-state index is 12.0. The lowest BCUT2D eigenvalue weighted by Crippen LogP contribution is -2.11. The molecule has 1 N–H and O–H groups in total. The third-order valence-electron chi connectivity index (χ3n) is 2.68. The number of nitrogens with zero attached hydrogens (tertiary/aromatic N) is 1. The van der Waals surface area contributed by atoms with Crippen molar-refractivity contribution in [1.29, 1.82) is 0 Å². The Bertz CT molecular complexity index is 569. The molecule has 0 aliphatic heterocycles. The largest absolute Gasteiger partial charge is 0.389 e. The average molecular weight is 333 g/mol. The fourth-order valence-electron chi connectivity index (χ4n) is 1.81. The van der Waals surface area contributed by atoms with Crippen molar-refractivity contribution in [1.82, 2.24) is 4.98 Å². The van der Waals surface area contributed by atoms with E-state index < -0.39 is 12.6 Å². The molecule has 0 atom stereocenters. The highest BCUT2D eigenvalue weighted by molar-refractivity contribution is 9.10. The molecule has 0 unspecified atom stereocenters. The summed E-state index contributed by atoms with van der Waals surface area (Å²) in [5, 5.41) is 4.83. The Hall–Kier alpha value is -1.30. The monoisotopic (exact) mass is 332 g/mol. The first-order valence-corrected chi connectivity index (χ1v) is 6.60. The molecule has 1 aromatic carbocycles. The lowest BCUT2D eigenvalue weighted by Gasteiger charge is -2.10. The van der Waals surface area contributed by atoms with Gasteiger partial charge in [-0.1, -0.05) is 28.1 Å². The second-order valence-corrected chi connectivity index (χ2v) is 4.99. The number of alkyl halides is 3. The van der Waals surface area contributed by atoms with Crippen molar-refractivity contribution in [3.8, 4) is 0 Å². The molecule has 0 spiro atoms. The molecule has 0 aliphatic rings. The van der Waals surface area contributed by atoms with E-state index in [0.717, 1.165) is 15.2 Å². The van der Waals surface area contributed by atoms with E-state index in [9.17, 15) is 13.2 Å². The van der Waals surface area contributed by atoms with Crippen molar-refractivity contribution in [3.05, 3.63) is 34.9 Å². The van der Waals surface area contributed by atoms with Crippen LogP contribution in [0.4, 0.5) is 19.0 Å². The normalized spacial score (nSPS) is 11.8. The number of benzene rings is 1. The lowest BCUT2D eigenvalue weighted by atomic mass is 10.1. The van der Waals surface area contributed by atoms with E-state index in [1.54, 1.807) is 6.20 Å². The highest BCUT2D eigenvalue weighted by atomic mass is 79.9. The molecule has 1 aromatic heterocycles. The molecule has 0 amide bonds. The van der Waals surface area contributed by atoms with E-state index in [4.69, 9.17) is 0 Å². The van der Waals surface area contributed by atoms with E-state index in [2.05, 4.69) is 26.2 Å². The van der Waals surface area contributed by atoms with Gasteiger partial charge in [0.25, 0.3) is 0 Å². The molecule has 2 rings (SSSR count). The van der Waals surface area contributed by atoms with Crippen LogP contribution in [0.3, 0.4) is 0 Å². The first kappa shape index (κ1) is 14.1. The van der Waals surface area contributed by atoms with E-state index in [0.29, 0.717) is 5.82 Å². The number of anilines is 1. The van der Waals surface area contributed by atoms with Gasteiger partial charge in [-0.2, -0.15) is 13.2 Å². The Kier molecular flexibility index (Phi) is 4.29. The van der Waals surface area contributed by atoms with Crippen molar-refractivity contribution in [2.24, 2.45) is 0 Å². The Morgan fingerprint density at radius 1 is 1.16 bits per heavy atom. The van der Waals surface area contributed by atoms with Gasteiger partial charge < -0.3 is 5.32 Å². The summed E-state index contributed by atoms with van der Waals surface area (Å²) in [6.45, 7) is 0.248. The van der Waals surface area contributed by atoms with Crippen LogP contribution in [0.2, 0.25) is 0 Å². The molecule has 2 aromatic rings. The lowest BCUT2D eigenvalue weighted by molar-refractivity contribution is -0.134. The molecular formula is C13H12BrF3N2. The van der Waals surface area contributed by atoms with E-state index in [-0.39, 0.29) is 13.0 Å². The smallest absolute Gasteiger partial charge is 0.370 e. The van der Waals surface area contributed by atoms with E-state index in [1.165, 1.54) is 0 Å². The number of nitrogens with one attached hydrogen (secondary N) is 1. The topological polar surface area (TPSA) is 24.9 Å². The molecule has 0 bridgehead atoms. The fraction of sp³-hybridized carbons (Fsp3) is 0.308. The van der Waals surface area contributed by atoms with Crippen molar-refractivity contribution in [2.75, 3.05) is 11.9 Å². The zero-order chi connectivity index (χ0) is 13.9. The van der Waals surface area contributed by atoms with Crippen LogP contribution in [0, 0.1) is 0 Å². The van der Waals surface area contributed by atoms with Crippen LogP contribution in [0.25, 0.3) is 10.8 Å². The van der Waals surface area contributed by atoms with Crippen LogP contribution in [0.15, 0.2) is 34.9 Å². The van der Waals surface area contributed by atoms with E-state index >= 15 is 0 Å². The first-order chi connectivity index (χ1) is 8.97. The second kappa shape index (κ2) is 5.77. The van der Waals surface area contributed by atoms with Crippen LogP contribution in [-0.4, -0.2) is 17.7 Å².